The zero-order valence-electron chi connectivity index (χ0n) is 12.9. The highest BCUT2D eigenvalue weighted by Crippen LogP contribution is 2.27. The first-order valence-electron chi connectivity index (χ1n) is 7.64. The minimum atomic E-state index is 0.766. The van der Waals surface area contributed by atoms with Gasteiger partial charge in [0.1, 0.15) is 5.76 Å². The maximum Gasteiger partial charge on any atom is 0.127 e. The lowest BCUT2D eigenvalue weighted by molar-refractivity contribution is 0.214. The van der Waals surface area contributed by atoms with Gasteiger partial charge in [0.05, 0.1) is 23.4 Å². The Bertz CT molecular complexity index is 908. The summed E-state index contributed by atoms with van der Waals surface area (Å²) in [5.41, 5.74) is 4.13. The van der Waals surface area contributed by atoms with Crippen molar-refractivity contribution in [1.29, 1.82) is 0 Å². The van der Waals surface area contributed by atoms with Crippen LogP contribution in [0.5, 0.6) is 0 Å². The van der Waals surface area contributed by atoms with Crippen molar-refractivity contribution in [3.05, 3.63) is 71.6 Å². The summed E-state index contributed by atoms with van der Waals surface area (Å²) in [7, 11) is 0. The number of para-hydroxylation sites is 2. The van der Waals surface area contributed by atoms with Crippen LogP contribution in [-0.2, 0) is 4.84 Å². The second-order valence-electron chi connectivity index (χ2n) is 5.51. The van der Waals surface area contributed by atoms with Crippen molar-refractivity contribution < 1.29 is 4.84 Å². The largest absolute Gasteiger partial charge is 0.384 e. The first kappa shape index (κ1) is 13.6. The Morgan fingerprint density at radius 3 is 2.78 bits per heavy atom. The number of aromatic nitrogens is 2. The number of aromatic amines is 1. The number of rotatable bonds is 3. The van der Waals surface area contributed by atoms with Crippen LogP contribution in [0.1, 0.15) is 18.2 Å². The molecule has 0 saturated carbocycles. The summed E-state index contributed by atoms with van der Waals surface area (Å²) in [4.78, 5) is 5.73. The molecule has 3 aromatic rings. The quantitative estimate of drug-likeness (QED) is 0.780. The number of fused-ring (bicyclic) bond motifs is 1. The van der Waals surface area contributed by atoms with Crippen LogP contribution in [0.25, 0.3) is 23.1 Å². The van der Waals surface area contributed by atoms with Crippen LogP contribution < -0.4 is 5.06 Å². The van der Waals surface area contributed by atoms with Gasteiger partial charge in [0, 0.05) is 10.9 Å². The van der Waals surface area contributed by atoms with Crippen LogP contribution in [0, 0.1) is 0 Å². The van der Waals surface area contributed by atoms with Gasteiger partial charge in [-0.1, -0.05) is 42.5 Å². The highest BCUT2D eigenvalue weighted by molar-refractivity contribution is 5.90. The third-order valence-electron chi connectivity index (χ3n) is 3.92. The molecule has 2 aromatic carbocycles. The third kappa shape index (κ3) is 2.59. The van der Waals surface area contributed by atoms with Crippen LogP contribution in [0.3, 0.4) is 0 Å². The minimum absolute atomic E-state index is 0.766. The molecule has 0 atom stereocenters. The van der Waals surface area contributed by atoms with Gasteiger partial charge in [0.15, 0.2) is 0 Å². The lowest BCUT2D eigenvalue weighted by atomic mass is 10.1. The summed E-state index contributed by atoms with van der Waals surface area (Å²) in [6.45, 7) is 2.73. The molecule has 0 spiro atoms. The van der Waals surface area contributed by atoms with Gasteiger partial charge in [0.2, 0.25) is 0 Å². The summed E-state index contributed by atoms with van der Waals surface area (Å²) in [6, 6.07) is 16.3. The number of anilines is 1. The Labute approximate surface area is 134 Å². The van der Waals surface area contributed by atoms with Gasteiger partial charge in [-0.15, -0.1) is 0 Å². The van der Waals surface area contributed by atoms with E-state index in [1.54, 1.807) is 0 Å². The molecule has 0 bridgehead atoms. The number of nitrogens with one attached hydrogen (secondary N) is 1. The van der Waals surface area contributed by atoms with E-state index in [1.165, 1.54) is 0 Å². The number of H-pyrrole nitrogens is 1. The molecule has 4 rings (SSSR count). The van der Waals surface area contributed by atoms with Crippen molar-refractivity contribution in [3.63, 3.8) is 0 Å². The molecule has 0 saturated heterocycles. The van der Waals surface area contributed by atoms with E-state index in [0.717, 1.165) is 40.2 Å². The molecular formula is C19H17N3O. The molecule has 2 heterocycles. The van der Waals surface area contributed by atoms with Crippen LogP contribution in [0.4, 0.5) is 5.69 Å². The second kappa shape index (κ2) is 5.65. The summed E-state index contributed by atoms with van der Waals surface area (Å²) in [6.07, 6.45) is 6.19. The van der Waals surface area contributed by atoms with Crippen molar-refractivity contribution >= 4 is 28.7 Å². The first-order chi connectivity index (χ1) is 11.3. The molecule has 0 unspecified atom stereocenters. The average molecular weight is 303 g/mol. The highest BCUT2D eigenvalue weighted by Gasteiger charge is 2.15. The fourth-order valence-corrected chi connectivity index (χ4v) is 2.74. The van der Waals surface area contributed by atoms with Crippen LogP contribution in [0.15, 0.2) is 60.4 Å². The van der Waals surface area contributed by atoms with E-state index < -0.39 is 0 Å². The van der Waals surface area contributed by atoms with Gasteiger partial charge in [-0.3, -0.25) is 5.10 Å². The summed E-state index contributed by atoms with van der Waals surface area (Å²) in [5, 5.41) is 10.5. The van der Waals surface area contributed by atoms with Gasteiger partial charge < -0.3 is 4.84 Å². The van der Waals surface area contributed by atoms with Crippen molar-refractivity contribution in [2.24, 2.45) is 0 Å². The predicted molar refractivity (Wildman–Crippen MR) is 93.7 cm³/mol. The van der Waals surface area contributed by atoms with Gasteiger partial charge >= 0.3 is 0 Å². The van der Waals surface area contributed by atoms with Gasteiger partial charge in [-0.25, -0.2) is 5.06 Å². The molecule has 0 fully saturated rings. The molecule has 1 N–H and O–H groups in total. The highest BCUT2D eigenvalue weighted by atomic mass is 16.7. The fraction of sp³-hybridized carbons (Fsp3) is 0.105. The van der Waals surface area contributed by atoms with Crippen LogP contribution >= 0.6 is 0 Å². The number of allylic oxidation sites excluding steroid dienone is 1. The van der Waals surface area contributed by atoms with E-state index in [0.29, 0.717) is 0 Å². The number of hydroxylamine groups is 1. The molecule has 0 aliphatic carbocycles. The third-order valence-corrected chi connectivity index (χ3v) is 3.92. The number of nitrogens with zero attached hydrogens (tertiary/aromatic N) is 2. The molecule has 1 aromatic heterocycles. The maximum absolute atomic E-state index is 5.73. The van der Waals surface area contributed by atoms with Gasteiger partial charge in [-0.2, -0.15) is 5.10 Å². The lowest BCUT2D eigenvalue weighted by Crippen LogP contribution is -2.18. The number of benzene rings is 2. The van der Waals surface area contributed by atoms with Crippen molar-refractivity contribution in [2.45, 2.75) is 6.92 Å². The van der Waals surface area contributed by atoms with Crippen LogP contribution in [0.2, 0.25) is 0 Å². The predicted octanol–water partition coefficient (Wildman–Crippen LogP) is 4.39. The maximum atomic E-state index is 5.73. The normalized spacial score (nSPS) is 14.5. The Hall–Kier alpha value is -3.01. The van der Waals surface area contributed by atoms with E-state index in [-0.39, 0.29) is 0 Å². The average Bonchev–Trinajstić information content (AvgIpc) is 3.19. The van der Waals surface area contributed by atoms with E-state index in [4.69, 9.17) is 4.84 Å². The van der Waals surface area contributed by atoms with E-state index in [1.807, 2.05) is 48.4 Å². The minimum Gasteiger partial charge on any atom is -0.384 e. The molecule has 114 valence electrons. The lowest BCUT2D eigenvalue weighted by Gasteiger charge is -2.19. The summed E-state index contributed by atoms with van der Waals surface area (Å²) in [5.74, 6) is 0.932. The Kier molecular flexibility index (Phi) is 3.35. The van der Waals surface area contributed by atoms with Crippen molar-refractivity contribution in [1.82, 2.24) is 10.2 Å². The zero-order valence-corrected chi connectivity index (χ0v) is 12.9. The van der Waals surface area contributed by atoms with Gasteiger partial charge in [0.25, 0.3) is 0 Å². The topological polar surface area (TPSA) is 41.2 Å². The Balaban J connectivity index is 1.66. The number of hydrogen-bond acceptors (Lipinski definition) is 3. The Morgan fingerprint density at radius 2 is 1.91 bits per heavy atom. The Morgan fingerprint density at radius 1 is 1.09 bits per heavy atom. The first-order valence-corrected chi connectivity index (χ1v) is 7.64. The molecule has 23 heavy (non-hydrogen) atoms. The molecule has 1 aliphatic rings. The fourth-order valence-electron chi connectivity index (χ4n) is 2.74. The molecule has 4 nitrogen and oxygen atoms in total. The van der Waals surface area contributed by atoms with Crippen molar-refractivity contribution in [3.8, 4) is 0 Å². The monoisotopic (exact) mass is 303 g/mol. The molecule has 0 amide bonds. The van der Waals surface area contributed by atoms with Crippen molar-refractivity contribution in [2.75, 3.05) is 11.6 Å². The number of hydrogen-bond donors (Lipinski definition) is 1. The SMILES string of the molecule is CC1=CCN(c2ccccc2/C=C/c2n[nH]c3ccccc23)O1. The van der Waals surface area contributed by atoms with E-state index >= 15 is 0 Å². The molecule has 1 aliphatic heterocycles. The summed E-state index contributed by atoms with van der Waals surface area (Å²) < 4.78 is 0. The smallest absolute Gasteiger partial charge is 0.127 e. The van der Waals surface area contributed by atoms with Crippen LogP contribution in [-0.4, -0.2) is 16.7 Å². The standard InChI is InChI=1S/C19H17N3O/c1-14-12-13-22(23-14)19-9-5-2-6-15(19)10-11-18-16-7-3-4-8-17(16)20-21-18/h2-12H,13H2,1H3,(H,20,21)/b11-10+. The van der Waals surface area contributed by atoms with Gasteiger partial charge in [-0.05, 0) is 31.2 Å². The molecule has 0 radical (unpaired) electrons. The molecular weight excluding hydrogens is 286 g/mol. The summed E-state index contributed by atoms with van der Waals surface area (Å²) >= 11 is 0. The van der Waals surface area contributed by atoms with E-state index in [2.05, 4.69) is 40.5 Å². The molecule has 4 heteroatoms. The second-order valence-corrected chi connectivity index (χ2v) is 5.51. The zero-order chi connectivity index (χ0) is 15.6. The van der Waals surface area contributed by atoms with E-state index in [9.17, 15) is 0 Å².